The topological polar surface area (TPSA) is 237 Å². The number of carbonyl (C=O) groups excluding carboxylic acids is 4. The number of aliphatic hydroxyl groups excluding tert-OH is 1. The predicted octanol–water partition coefficient (Wildman–Crippen LogP) is 26.2. The molecule has 0 aliphatic carbocycles. The number of rotatable bonds is 85. The summed E-state index contributed by atoms with van der Waals surface area (Å²) < 4.78 is 68.9. The Bertz CT molecular complexity index is 2010. The van der Waals surface area contributed by atoms with Crippen molar-refractivity contribution in [3.8, 4) is 0 Å². The molecule has 0 aliphatic rings. The SMILES string of the molecule is CCCCCCCCCCCCCCCCCCCCCCCC(=O)O[C@H](COC(=O)CCCCCCCCCCCCCCCCCCCCCC)COP(=O)(O)OC[C@@H](O)COP(=O)(O)OC[C@@H](COC(=O)CCCCCCCCC(C)CC)OC(=O)CCCCCCCCCCCCCC(C)C. The molecule has 0 amide bonds. The number of aliphatic hydroxyl groups is 1. The molecule has 0 radical (unpaired) electrons. The van der Waals surface area contributed by atoms with Crippen molar-refractivity contribution in [3.05, 3.63) is 0 Å². The van der Waals surface area contributed by atoms with Gasteiger partial charge in [-0.05, 0) is 37.5 Å². The Morgan fingerprint density at radius 3 is 0.724 bits per heavy atom. The molecule has 6 atom stereocenters. The fraction of sp³-hybridized carbons (Fsp3) is 0.953. The number of phosphoric acid groups is 2. The predicted molar refractivity (Wildman–Crippen MR) is 432 cm³/mol. The highest BCUT2D eigenvalue weighted by atomic mass is 31.2. The van der Waals surface area contributed by atoms with Crippen LogP contribution in [0.25, 0.3) is 0 Å². The molecule has 0 rings (SSSR count). The Balaban J connectivity index is 5.22. The van der Waals surface area contributed by atoms with E-state index in [2.05, 4.69) is 41.5 Å². The van der Waals surface area contributed by atoms with Crippen LogP contribution in [0.5, 0.6) is 0 Å². The lowest BCUT2D eigenvalue weighted by Gasteiger charge is -2.21. The zero-order valence-electron chi connectivity index (χ0n) is 69.0. The number of carbonyl (C=O) groups is 4. The van der Waals surface area contributed by atoms with Crippen LogP contribution < -0.4 is 0 Å². The first-order chi connectivity index (χ1) is 50.9. The van der Waals surface area contributed by atoms with Gasteiger partial charge in [0.2, 0.25) is 0 Å². The summed E-state index contributed by atoms with van der Waals surface area (Å²) in [5, 5.41) is 10.7. The van der Waals surface area contributed by atoms with Gasteiger partial charge in [-0.1, -0.05) is 408 Å². The van der Waals surface area contributed by atoms with Crippen LogP contribution in [0.1, 0.15) is 459 Å². The quantitative estimate of drug-likeness (QED) is 0.0222. The van der Waals surface area contributed by atoms with E-state index >= 15 is 0 Å². The van der Waals surface area contributed by atoms with Crippen LogP contribution in [-0.4, -0.2) is 96.7 Å². The van der Waals surface area contributed by atoms with Crippen LogP contribution in [0.4, 0.5) is 0 Å². The van der Waals surface area contributed by atoms with Crippen LogP contribution >= 0.6 is 15.6 Å². The third kappa shape index (κ3) is 78.5. The Labute approximate surface area is 645 Å². The van der Waals surface area contributed by atoms with Crippen molar-refractivity contribution in [2.75, 3.05) is 39.6 Å². The molecule has 3 unspecified atom stereocenters. The number of esters is 4. The first-order valence-corrected chi connectivity index (χ1v) is 47.5. The fourth-order valence-corrected chi connectivity index (χ4v) is 15.0. The monoisotopic (exact) mass is 1540 g/mol. The Morgan fingerprint density at radius 1 is 0.276 bits per heavy atom. The van der Waals surface area contributed by atoms with Crippen molar-refractivity contribution in [2.45, 2.75) is 477 Å². The smallest absolute Gasteiger partial charge is 0.462 e. The molecular weight excluding hydrogens is 1370 g/mol. The van der Waals surface area contributed by atoms with Gasteiger partial charge < -0.3 is 33.8 Å². The summed E-state index contributed by atoms with van der Waals surface area (Å²) in [5.74, 6) is -0.609. The maximum absolute atomic E-state index is 13.1. The van der Waals surface area contributed by atoms with Crippen molar-refractivity contribution in [3.63, 3.8) is 0 Å². The fourth-order valence-electron chi connectivity index (χ4n) is 13.4. The molecule has 0 fully saturated rings. The van der Waals surface area contributed by atoms with E-state index < -0.39 is 97.5 Å². The van der Waals surface area contributed by atoms with Gasteiger partial charge in [0.1, 0.15) is 19.3 Å². The van der Waals surface area contributed by atoms with Gasteiger partial charge in [-0.3, -0.25) is 37.3 Å². The van der Waals surface area contributed by atoms with Gasteiger partial charge in [0, 0.05) is 25.7 Å². The Hall–Kier alpha value is -1.94. The second-order valence-electron chi connectivity index (χ2n) is 31.6. The van der Waals surface area contributed by atoms with E-state index in [1.807, 2.05) is 0 Å². The molecule has 0 saturated carbocycles. The van der Waals surface area contributed by atoms with Gasteiger partial charge in [-0.2, -0.15) is 0 Å². The van der Waals surface area contributed by atoms with E-state index in [9.17, 15) is 43.2 Å². The van der Waals surface area contributed by atoms with Crippen molar-refractivity contribution in [1.82, 2.24) is 0 Å². The van der Waals surface area contributed by atoms with E-state index in [-0.39, 0.29) is 25.7 Å². The van der Waals surface area contributed by atoms with Gasteiger partial charge in [0.15, 0.2) is 12.2 Å². The van der Waals surface area contributed by atoms with Gasteiger partial charge in [0.05, 0.1) is 26.4 Å². The standard InChI is InChI=1S/C86H168O17P2/c1-7-10-12-14-16-18-20-22-24-26-28-30-32-34-36-38-42-46-50-58-64-70-85(90)102-81(74-96-83(88)68-62-56-49-45-41-37-35-33-31-29-27-25-23-21-19-17-15-13-11-8-2)76-100-104(92,93)98-72-80(87)73-99-105(94,95)101-77-82(75-97-84(89)69-63-57-53-52-55-61-67-79(6)9-3)103-86(91)71-65-59-51-47-43-39-40-44-48-54-60-66-78(4)5/h78-82,87H,7-77H2,1-6H3,(H,92,93)(H,94,95)/t79?,80-,81-,82-/m1/s1. The lowest BCUT2D eigenvalue weighted by molar-refractivity contribution is -0.161. The van der Waals surface area contributed by atoms with Gasteiger partial charge in [-0.25, -0.2) is 9.13 Å². The van der Waals surface area contributed by atoms with Crippen molar-refractivity contribution in [1.29, 1.82) is 0 Å². The maximum atomic E-state index is 13.1. The molecule has 19 heteroatoms. The highest BCUT2D eigenvalue weighted by molar-refractivity contribution is 7.47. The van der Waals surface area contributed by atoms with E-state index in [0.29, 0.717) is 25.7 Å². The van der Waals surface area contributed by atoms with Crippen LogP contribution in [0.3, 0.4) is 0 Å². The summed E-state index contributed by atoms with van der Waals surface area (Å²) in [7, 11) is -9.93. The first kappa shape index (κ1) is 103. The van der Waals surface area contributed by atoms with Crippen molar-refractivity contribution >= 4 is 39.5 Å². The number of unbranched alkanes of at least 4 members (excludes halogenated alkanes) is 54. The minimum Gasteiger partial charge on any atom is -0.462 e. The number of phosphoric ester groups is 2. The van der Waals surface area contributed by atoms with Crippen LogP contribution in [0.2, 0.25) is 0 Å². The van der Waals surface area contributed by atoms with Crippen LogP contribution in [0, 0.1) is 11.8 Å². The molecule has 0 saturated heterocycles. The van der Waals surface area contributed by atoms with Gasteiger partial charge in [-0.15, -0.1) is 0 Å². The number of ether oxygens (including phenoxy) is 4. The minimum atomic E-state index is -4.97. The van der Waals surface area contributed by atoms with E-state index in [1.54, 1.807) is 0 Å². The highest BCUT2D eigenvalue weighted by Gasteiger charge is 2.30. The molecule has 0 aromatic carbocycles. The molecule has 0 aromatic rings. The number of hydrogen-bond acceptors (Lipinski definition) is 15. The largest absolute Gasteiger partial charge is 0.472 e. The summed E-state index contributed by atoms with van der Waals surface area (Å²) in [5.41, 5.74) is 0. The number of hydrogen-bond donors (Lipinski definition) is 3. The third-order valence-electron chi connectivity index (χ3n) is 20.6. The lowest BCUT2D eigenvalue weighted by Crippen LogP contribution is -2.30. The van der Waals surface area contributed by atoms with Gasteiger partial charge >= 0.3 is 39.5 Å². The summed E-state index contributed by atoms with van der Waals surface area (Å²) in [4.78, 5) is 73.2. The van der Waals surface area contributed by atoms with E-state index in [0.717, 1.165) is 108 Å². The second-order valence-corrected chi connectivity index (χ2v) is 34.6. The van der Waals surface area contributed by atoms with Crippen molar-refractivity contribution < 1.29 is 80.2 Å². The van der Waals surface area contributed by atoms with E-state index in [4.69, 9.17) is 37.0 Å². The first-order valence-electron chi connectivity index (χ1n) is 44.5. The summed E-state index contributed by atoms with van der Waals surface area (Å²) >= 11 is 0. The Morgan fingerprint density at radius 2 is 0.486 bits per heavy atom. The molecular formula is C86H168O17P2. The molecule has 624 valence electrons. The molecule has 0 aromatic heterocycles. The zero-order chi connectivity index (χ0) is 77.1. The molecule has 105 heavy (non-hydrogen) atoms. The Kier molecular flexibility index (Phi) is 76.0. The van der Waals surface area contributed by atoms with Gasteiger partial charge in [0.25, 0.3) is 0 Å². The molecule has 17 nitrogen and oxygen atoms in total. The molecule has 0 bridgehead atoms. The average molecular weight is 1540 g/mol. The normalized spacial score (nSPS) is 14.1. The maximum Gasteiger partial charge on any atom is 0.472 e. The molecule has 0 heterocycles. The van der Waals surface area contributed by atoms with Crippen molar-refractivity contribution in [2.24, 2.45) is 11.8 Å². The summed E-state index contributed by atoms with van der Waals surface area (Å²) in [6, 6.07) is 0. The van der Waals surface area contributed by atoms with Crippen LogP contribution in [0.15, 0.2) is 0 Å². The highest BCUT2D eigenvalue weighted by Crippen LogP contribution is 2.45. The van der Waals surface area contributed by atoms with E-state index in [1.165, 1.54) is 270 Å². The summed E-state index contributed by atoms with van der Waals surface area (Å²) in [6.45, 7) is 9.62. The van der Waals surface area contributed by atoms with Crippen LogP contribution in [-0.2, 0) is 65.4 Å². The molecule has 0 aliphatic heterocycles. The summed E-state index contributed by atoms with van der Waals surface area (Å²) in [6.07, 6.45) is 69.6. The third-order valence-corrected chi connectivity index (χ3v) is 22.5. The zero-order valence-corrected chi connectivity index (χ0v) is 70.8. The molecule has 0 spiro atoms. The second kappa shape index (κ2) is 77.4. The lowest BCUT2D eigenvalue weighted by atomic mass is 10.00. The minimum absolute atomic E-state index is 0.106. The average Bonchev–Trinajstić information content (AvgIpc) is 0.937. The molecule has 3 N–H and O–H groups in total.